The minimum absolute atomic E-state index is 0.0194. The van der Waals surface area contributed by atoms with Gasteiger partial charge in [0.15, 0.2) is 11.6 Å². The molecule has 0 aliphatic heterocycles. The van der Waals surface area contributed by atoms with Gasteiger partial charge in [-0.1, -0.05) is 54.6 Å². The molecule has 0 aromatic heterocycles. The summed E-state index contributed by atoms with van der Waals surface area (Å²) in [6, 6.07) is 19.3. The highest BCUT2D eigenvalue weighted by Gasteiger charge is 2.34. The minimum Gasteiger partial charge on any atom is -0.426 e. The summed E-state index contributed by atoms with van der Waals surface area (Å²) < 4.78 is 5.62. The van der Waals surface area contributed by atoms with E-state index in [9.17, 15) is 19.7 Å². The van der Waals surface area contributed by atoms with Crippen molar-refractivity contribution in [2.24, 2.45) is 0 Å². The molecule has 3 aromatic carbocycles. The van der Waals surface area contributed by atoms with E-state index in [1.54, 1.807) is 60.7 Å². The van der Waals surface area contributed by atoms with E-state index in [0.29, 0.717) is 11.1 Å². The molecule has 0 heterocycles. The molecule has 6 heteroatoms. The average Bonchev–Trinajstić information content (AvgIpc) is 2.70. The van der Waals surface area contributed by atoms with Gasteiger partial charge in [-0.05, 0) is 18.2 Å². The van der Waals surface area contributed by atoms with Crippen molar-refractivity contribution in [2.45, 2.75) is 6.23 Å². The Balaban J connectivity index is 1.81. The van der Waals surface area contributed by atoms with Crippen LogP contribution in [0, 0.1) is 10.1 Å². The summed E-state index contributed by atoms with van der Waals surface area (Å²) in [4.78, 5) is 36.7. The molecule has 1 atom stereocenters. The fraction of sp³-hybridized carbons (Fsp3) is 0.0476. The van der Waals surface area contributed by atoms with Gasteiger partial charge in [0.2, 0.25) is 0 Å². The Kier molecular flexibility index (Phi) is 4.01. The third-order valence-electron chi connectivity index (χ3n) is 4.43. The molecule has 0 fully saturated rings. The molecule has 0 N–H and O–H groups in total. The first-order chi connectivity index (χ1) is 13.1. The number of hydrogen-bond acceptors (Lipinski definition) is 5. The van der Waals surface area contributed by atoms with E-state index >= 15 is 0 Å². The topological polar surface area (TPSA) is 86.5 Å². The predicted octanol–water partition coefficient (Wildman–Crippen LogP) is 3.82. The van der Waals surface area contributed by atoms with Crippen molar-refractivity contribution >= 4 is 11.6 Å². The van der Waals surface area contributed by atoms with Crippen LogP contribution < -0.4 is 4.74 Å². The van der Waals surface area contributed by atoms with Crippen molar-refractivity contribution in [2.75, 3.05) is 0 Å². The summed E-state index contributed by atoms with van der Waals surface area (Å²) in [7, 11) is 0. The summed E-state index contributed by atoms with van der Waals surface area (Å²) in [5.74, 6) is -0.667. The van der Waals surface area contributed by atoms with Crippen molar-refractivity contribution < 1.29 is 19.2 Å². The van der Waals surface area contributed by atoms with Crippen LogP contribution in [-0.2, 0) is 0 Å². The van der Waals surface area contributed by atoms with Gasteiger partial charge >= 0.3 is 6.23 Å². The Bertz CT molecular complexity index is 1070. The molecule has 0 amide bonds. The first-order valence-electron chi connectivity index (χ1n) is 8.24. The van der Waals surface area contributed by atoms with Crippen molar-refractivity contribution in [3.8, 4) is 5.75 Å². The smallest absolute Gasteiger partial charge is 0.380 e. The molecule has 0 spiro atoms. The van der Waals surface area contributed by atoms with E-state index in [-0.39, 0.29) is 34.0 Å². The van der Waals surface area contributed by atoms with Crippen LogP contribution in [0.25, 0.3) is 0 Å². The fourth-order valence-corrected chi connectivity index (χ4v) is 3.18. The Labute approximate surface area is 154 Å². The van der Waals surface area contributed by atoms with Crippen molar-refractivity contribution in [3.63, 3.8) is 0 Å². The third kappa shape index (κ3) is 2.77. The molecule has 1 unspecified atom stereocenters. The highest BCUT2D eigenvalue weighted by atomic mass is 16.7. The Morgan fingerprint density at radius 1 is 0.741 bits per heavy atom. The van der Waals surface area contributed by atoms with Gasteiger partial charge in [0.1, 0.15) is 5.75 Å². The van der Waals surface area contributed by atoms with Gasteiger partial charge in [0, 0.05) is 16.7 Å². The number of benzene rings is 3. The lowest BCUT2D eigenvalue weighted by Crippen LogP contribution is -2.24. The van der Waals surface area contributed by atoms with E-state index in [2.05, 4.69) is 0 Å². The molecule has 0 radical (unpaired) electrons. The summed E-state index contributed by atoms with van der Waals surface area (Å²) in [6.45, 7) is 0. The average molecular weight is 359 g/mol. The van der Waals surface area contributed by atoms with Gasteiger partial charge in [0.05, 0.1) is 16.1 Å². The van der Waals surface area contributed by atoms with Crippen LogP contribution in [0.2, 0.25) is 0 Å². The summed E-state index contributed by atoms with van der Waals surface area (Å²) in [5, 5.41) is 11.5. The third-order valence-corrected chi connectivity index (χ3v) is 4.43. The van der Waals surface area contributed by atoms with Crippen LogP contribution in [0.15, 0.2) is 72.8 Å². The zero-order valence-electron chi connectivity index (χ0n) is 14.0. The van der Waals surface area contributed by atoms with Crippen LogP contribution >= 0.6 is 0 Å². The standard InChI is InChI=1S/C21H13NO5/c23-19-14-9-4-5-10-15(14)20(24)18-16(19)11-6-12-17(18)27-21(22(25)26)13-7-2-1-3-8-13/h1-12,21H. The number of ether oxygens (including phenoxy) is 1. The number of carbonyl (C=O) groups is 2. The second kappa shape index (κ2) is 6.49. The number of rotatable bonds is 4. The van der Waals surface area contributed by atoms with E-state index in [1.165, 1.54) is 12.1 Å². The molecule has 132 valence electrons. The molecule has 27 heavy (non-hydrogen) atoms. The Morgan fingerprint density at radius 2 is 1.33 bits per heavy atom. The summed E-state index contributed by atoms with van der Waals surface area (Å²) in [6.07, 6.45) is -1.49. The molecular weight excluding hydrogens is 346 g/mol. The second-order valence-electron chi connectivity index (χ2n) is 6.05. The molecule has 1 aliphatic carbocycles. The van der Waals surface area contributed by atoms with Crippen molar-refractivity contribution in [1.82, 2.24) is 0 Å². The molecule has 3 aromatic rings. The van der Waals surface area contributed by atoms with Crippen molar-refractivity contribution in [3.05, 3.63) is 111 Å². The highest BCUT2D eigenvalue weighted by molar-refractivity contribution is 6.29. The number of ketones is 2. The molecule has 1 aliphatic rings. The van der Waals surface area contributed by atoms with Gasteiger partial charge in [-0.25, -0.2) is 0 Å². The van der Waals surface area contributed by atoms with Gasteiger partial charge < -0.3 is 4.74 Å². The number of nitrogens with zero attached hydrogens (tertiary/aromatic N) is 1. The SMILES string of the molecule is O=C1c2ccccc2C(=O)c2c(OC(c3ccccc3)[N+](=O)[O-])cccc21. The van der Waals surface area contributed by atoms with Gasteiger partial charge in [-0.15, -0.1) is 0 Å². The Hall–Kier alpha value is -3.80. The van der Waals surface area contributed by atoms with Crippen LogP contribution in [-0.4, -0.2) is 16.5 Å². The minimum atomic E-state index is -1.49. The van der Waals surface area contributed by atoms with E-state index < -0.39 is 11.2 Å². The number of nitro groups is 1. The van der Waals surface area contributed by atoms with E-state index in [4.69, 9.17) is 4.74 Å². The molecule has 4 rings (SSSR count). The summed E-state index contributed by atoms with van der Waals surface area (Å²) in [5.41, 5.74) is 1.18. The van der Waals surface area contributed by atoms with E-state index in [0.717, 1.165) is 0 Å². The summed E-state index contributed by atoms with van der Waals surface area (Å²) >= 11 is 0. The molecule has 0 bridgehead atoms. The number of fused-ring (bicyclic) bond motifs is 2. The quantitative estimate of drug-likeness (QED) is 0.314. The van der Waals surface area contributed by atoms with Crippen LogP contribution in [0.4, 0.5) is 0 Å². The maximum Gasteiger partial charge on any atom is 0.380 e. The first kappa shape index (κ1) is 16.7. The Morgan fingerprint density at radius 3 is 2.00 bits per heavy atom. The van der Waals surface area contributed by atoms with Crippen LogP contribution in [0.5, 0.6) is 5.75 Å². The molecule has 6 nitrogen and oxygen atoms in total. The molecule has 0 saturated carbocycles. The number of carbonyl (C=O) groups excluding carboxylic acids is 2. The van der Waals surface area contributed by atoms with Crippen molar-refractivity contribution in [1.29, 1.82) is 0 Å². The lowest BCUT2D eigenvalue weighted by Gasteiger charge is -2.21. The molecular formula is C21H13NO5. The van der Waals surface area contributed by atoms with Gasteiger partial charge in [-0.3, -0.25) is 19.7 Å². The number of hydrogen-bond donors (Lipinski definition) is 0. The maximum absolute atomic E-state index is 13.0. The lowest BCUT2D eigenvalue weighted by atomic mass is 9.83. The zero-order valence-corrected chi connectivity index (χ0v) is 14.0. The normalized spacial score (nSPS) is 13.5. The lowest BCUT2D eigenvalue weighted by molar-refractivity contribution is -0.570. The zero-order chi connectivity index (χ0) is 19.0. The predicted molar refractivity (Wildman–Crippen MR) is 96.6 cm³/mol. The first-order valence-corrected chi connectivity index (χ1v) is 8.24. The largest absolute Gasteiger partial charge is 0.426 e. The van der Waals surface area contributed by atoms with Gasteiger partial charge in [-0.2, -0.15) is 0 Å². The fourth-order valence-electron chi connectivity index (χ4n) is 3.18. The van der Waals surface area contributed by atoms with Gasteiger partial charge in [0.25, 0.3) is 0 Å². The monoisotopic (exact) mass is 359 g/mol. The maximum atomic E-state index is 13.0. The van der Waals surface area contributed by atoms with Crippen LogP contribution in [0.1, 0.15) is 43.6 Å². The highest BCUT2D eigenvalue weighted by Crippen LogP contribution is 2.35. The van der Waals surface area contributed by atoms with Crippen LogP contribution in [0.3, 0.4) is 0 Å². The molecule has 0 saturated heterocycles. The second-order valence-corrected chi connectivity index (χ2v) is 6.05. The van der Waals surface area contributed by atoms with E-state index in [1.807, 2.05) is 0 Å².